The van der Waals surface area contributed by atoms with E-state index in [1.165, 1.54) is 4.31 Å². The topological polar surface area (TPSA) is 61.4 Å². The number of nitrogens with one attached hydrogen (secondary N) is 2. The van der Waals surface area contributed by atoms with Crippen molar-refractivity contribution >= 4 is 10.2 Å². The molecule has 0 aromatic carbocycles. The lowest BCUT2D eigenvalue weighted by Crippen LogP contribution is -2.45. The van der Waals surface area contributed by atoms with E-state index < -0.39 is 10.2 Å². The van der Waals surface area contributed by atoms with E-state index in [1.807, 2.05) is 20.8 Å². The van der Waals surface area contributed by atoms with Gasteiger partial charge in [0, 0.05) is 25.7 Å². The lowest BCUT2D eigenvalue weighted by Gasteiger charge is -2.22. The molecule has 0 aliphatic rings. The Labute approximate surface area is 87.0 Å². The summed E-state index contributed by atoms with van der Waals surface area (Å²) in [5.74, 6) is 0. The van der Waals surface area contributed by atoms with Crippen molar-refractivity contribution < 1.29 is 8.42 Å². The summed E-state index contributed by atoms with van der Waals surface area (Å²) in [7, 11) is 0.0419. The minimum absolute atomic E-state index is 0.0302. The zero-order chi connectivity index (χ0) is 11.4. The predicted molar refractivity (Wildman–Crippen MR) is 58.3 cm³/mol. The van der Waals surface area contributed by atoms with Gasteiger partial charge >= 0.3 is 0 Å². The smallest absolute Gasteiger partial charge is 0.279 e. The summed E-state index contributed by atoms with van der Waals surface area (Å²) < 4.78 is 27.0. The number of hydrogen-bond acceptors (Lipinski definition) is 3. The van der Waals surface area contributed by atoms with Crippen molar-refractivity contribution in [3.05, 3.63) is 0 Å². The Kier molecular flexibility index (Phi) is 5.58. The molecule has 0 fully saturated rings. The van der Waals surface area contributed by atoms with Gasteiger partial charge in [-0.25, -0.2) is 4.72 Å². The molecule has 0 saturated carbocycles. The van der Waals surface area contributed by atoms with Crippen LogP contribution in [-0.2, 0) is 10.2 Å². The molecular formula is C8H21N3O2S. The second-order valence-electron chi connectivity index (χ2n) is 3.65. The second-order valence-corrected chi connectivity index (χ2v) is 5.47. The highest BCUT2D eigenvalue weighted by atomic mass is 32.2. The molecule has 0 amide bonds. The maximum Gasteiger partial charge on any atom is 0.279 e. The number of rotatable bonds is 6. The molecule has 2 N–H and O–H groups in total. The molecule has 0 radical (unpaired) electrons. The Morgan fingerprint density at radius 3 is 2.14 bits per heavy atom. The van der Waals surface area contributed by atoms with Crippen LogP contribution in [-0.4, -0.2) is 45.4 Å². The molecule has 86 valence electrons. The maximum atomic E-state index is 11.6. The van der Waals surface area contributed by atoms with Crippen molar-refractivity contribution in [3.8, 4) is 0 Å². The summed E-state index contributed by atoms with van der Waals surface area (Å²) in [4.78, 5) is 0. The molecule has 1 atom stereocenters. The monoisotopic (exact) mass is 223 g/mol. The first kappa shape index (κ1) is 13.8. The van der Waals surface area contributed by atoms with Crippen LogP contribution in [0.5, 0.6) is 0 Å². The van der Waals surface area contributed by atoms with E-state index in [-0.39, 0.29) is 12.1 Å². The number of hydrogen-bond donors (Lipinski definition) is 2. The molecule has 0 saturated heterocycles. The SMILES string of the molecule is CNC(C)CNS(=O)(=O)N(C)C(C)C. The molecule has 6 heteroatoms. The van der Waals surface area contributed by atoms with Gasteiger partial charge in [-0.2, -0.15) is 12.7 Å². The van der Waals surface area contributed by atoms with Crippen LogP contribution < -0.4 is 10.0 Å². The molecule has 0 bridgehead atoms. The normalized spacial score (nSPS) is 15.1. The van der Waals surface area contributed by atoms with Gasteiger partial charge in [-0.1, -0.05) is 0 Å². The minimum atomic E-state index is -3.32. The van der Waals surface area contributed by atoms with Crippen LogP contribution in [0.25, 0.3) is 0 Å². The molecule has 0 aliphatic carbocycles. The van der Waals surface area contributed by atoms with E-state index in [9.17, 15) is 8.42 Å². The standard InChI is InChI=1S/C8H21N3O2S/c1-7(2)11(5)14(12,13)10-6-8(3)9-4/h7-10H,6H2,1-5H3. The van der Waals surface area contributed by atoms with Crippen LogP contribution >= 0.6 is 0 Å². The average molecular weight is 223 g/mol. The molecule has 0 aromatic heterocycles. The minimum Gasteiger partial charge on any atom is -0.316 e. The third-order valence-electron chi connectivity index (χ3n) is 2.17. The van der Waals surface area contributed by atoms with Gasteiger partial charge in [-0.15, -0.1) is 0 Å². The Hall–Kier alpha value is -0.170. The molecule has 14 heavy (non-hydrogen) atoms. The van der Waals surface area contributed by atoms with Crippen molar-refractivity contribution in [1.29, 1.82) is 0 Å². The van der Waals surface area contributed by atoms with Crippen LogP contribution in [0.3, 0.4) is 0 Å². The average Bonchev–Trinajstić information content (AvgIpc) is 2.12. The van der Waals surface area contributed by atoms with Gasteiger partial charge in [0.15, 0.2) is 0 Å². The molecule has 0 heterocycles. The fourth-order valence-corrected chi connectivity index (χ4v) is 1.93. The van der Waals surface area contributed by atoms with Gasteiger partial charge in [0.2, 0.25) is 0 Å². The first-order valence-electron chi connectivity index (χ1n) is 4.71. The Bertz CT molecular complexity index is 251. The van der Waals surface area contributed by atoms with Crippen LogP contribution in [0.4, 0.5) is 0 Å². The first-order chi connectivity index (χ1) is 6.31. The zero-order valence-corrected chi connectivity index (χ0v) is 10.4. The molecule has 0 aromatic rings. The van der Waals surface area contributed by atoms with Crippen molar-refractivity contribution in [2.75, 3.05) is 20.6 Å². The van der Waals surface area contributed by atoms with Gasteiger partial charge in [-0.3, -0.25) is 0 Å². The Balaban J connectivity index is 4.22. The fourth-order valence-electron chi connectivity index (χ4n) is 0.712. The summed E-state index contributed by atoms with van der Waals surface area (Å²) in [5.41, 5.74) is 0. The van der Waals surface area contributed by atoms with Crippen molar-refractivity contribution in [1.82, 2.24) is 14.3 Å². The van der Waals surface area contributed by atoms with Crippen LogP contribution in [0.2, 0.25) is 0 Å². The summed E-state index contributed by atoms with van der Waals surface area (Å²) in [5, 5.41) is 2.96. The van der Waals surface area contributed by atoms with Gasteiger partial charge < -0.3 is 5.32 Å². The summed E-state index contributed by atoms with van der Waals surface area (Å²) in [6, 6.07) is 0.0997. The van der Waals surface area contributed by atoms with E-state index in [0.29, 0.717) is 6.54 Å². The third kappa shape index (κ3) is 4.36. The van der Waals surface area contributed by atoms with Gasteiger partial charge in [-0.05, 0) is 27.8 Å². The zero-order valence-electron chi connectivity index (χ0n) is 9.53. The molecular weight excluding hydrogens is 202 g/mol. The predicted octanol–water partition coefficient (Wildman–Crippen LogP) is -0.231. The van der Waals surface area contributed by atoms with Gasteiger partial charge in [0.25, 0.3) is 10.2 Å². The molecule has 5 nitrogen and oxygen atoms in total. The first-order valence-corrected chi connectivity index (χ1v) is 6.15. The van der Waals surface area contributed by atoms with E-state index in [2.05, 4.69) is 10.0 Å². The van der Waals surface area contributed by atoms with Crippen molar-refractivity contribution in [2.45, 2.75) is 32.9 Å². The van der Waals surface area contributed by atoms with E-state index in [1.54, 1.807) is 14.1 Å². The third-order valence-corrected chi connectivity index (χ3v) is 3.88. The number of likely N-dealkylation sites (N-methyl/N-ethyl adjacent to an activating group) is 1. The van der Waals surface area contributed by atoms with E-state index in [4.69, 9.17) is 0 Å². The summed E-state index contributed by atoms with van der Waals surface area (Å²) >= 11 is 0. The van der Waals surface area contributed by atoms with Crippen molar-refractivity contribution in [3.63, 3.8) is 0 Å². The quantitative estimate of drug-likeness (QED) is 0.654. The number of nitrogens with zero attached hydrogens (tertiary/aromatic N) is 1. The largest absolute Gasteiger partial charge is 0.316 e. The van der Waals surface area contributed by atoms with E-state index >= 15 is 0 Å². The van der Waals surface area contributed by atoms with Crippen LogP contribution in [0.1, 0.15) is 20.8 Å². The Morgan fingerprint density at radius 2 is 1.79 bits per heavy atom. The maximum absolute atomic E-state index is 11.6. The summed E-state index contributed by atoms with van der Waals surface area (Å²) in [6.07, 6.45) is 0. The fraction of sp³-hybridized carbons (Fsp3) is 1.00. The molecule has 1 unspecified atom stereocenters. The lowest BCUT2D eigenvalue weighted by molar-refractivity contribution is 0.400. The lowest BCUT2D eigenvalue weighted by atomic mass is 10.4. The summed E-state index contributed by atoms with van der Waals surface area (Å²) in [6.45, 7) is 5.98. The second kappa shape index (κ2) is 5.65. The molecule has 0 rings (SSSR count). The van der Waals surface area contributed by atoms with Crippen LogP contribution in [0.15, 0.2) is 0 Å². The van der Waals surface area contributed by atoms with Crippen molar-refractivity contribution in [2.24, 2.45) is 0 Å². The highest BCUT2D eigenvalue weighted by molar-refractivity contribution is 7.87. The highest BCUT2D eigenvalue weighted by Crippen LogP contribution is 2.00. The van der Waals surface area contributed by atoms with Crippen LogP contribution in [0, 0.1) is 0 Å². The van der Waals surface area contributed by atoms with Gasteiger partial charge in [0.05, 0.1) is 0 Å². The van der Waals surface area contributed by atoms with Gasteiger partial charge in [0.1, 0.15) is 0 Å². The Morgan fingerprint density at radius 1 is 1.29 bits per heavy atom. The molecule has 0 spiro atoms. The molecule has 0 aliphatic heterocycles. The highest BCUT2D eigenvalue weighted by Gasteiger charge is 2.19. The van der Waals surface area contributed by atoms with E-state index in [0.717, 1.165) is 0 Å².